The highest BCUT2D eigenvalue weighted by molar-refractivity contribution is 5.68. The highest BCUT2D eigenvalue weighted by Crippen LogP contribution is 2.13. The number of allylic oxidation sites excluding steroid dienone is 4. The van der Waals surface area contributed by atoms with Crippen molar-refractivity contribution >= 4 is 24.3 Å². The number of rotatable bonds is 5. The fraction of sp³-hybridized carbons (Fsp3) is 0.143. The van der Waals surface area contributed by atoms with Gasteiger partial charge in [0.1, 0.15) is 11.5 Å². The van der Waals surface area contributed by atoms with E-state index in [4.69, 9.17) is 4.42 Å². The molecule has 29 heavy (non-hydrogen) atoms. The van der Waals surface area contributed by atoms with Gasteiger partial charge in [0.2, 0.25) is 0 Å². The second-order valence-electron chi connectivity index (χ2n) is 6.78. The van der Waals surface area contributed by atoms with Gasteiger partial charge in [-0.25, -0.2) is 0 Å². The fourth-order valence-electron chi connectivity index (χ4n) is 2.52. The molecule has 0 saturated heterocycles. The molecule has 0 unspecified atom stereocenters. The molecule has 0 spiro atoms. The second-order valence-corrected chi connectivity index (χ2v) is 6.78. The molecule has 1 nitrogen and oxygen atoms in total. The molecule has 2 aromatic carbocycles. The van der Waals surface area contributed by atoms with E-state index in [2.05, 4.69) is 74.5 Å². The first-order chi connectivity index (χ1) is 14.1. The molecular weight excluding hydrogens is 352 g/mol. The molecule has 0 aliphatic rings. The first kappa shape index (κ1) is 22.0. The Balaban J connectivity index is 0.000000221. The predicted octanol–water partition coefficient (Wildman–Crippen LogP) is 8.38. The summed E-state index contributed by atoms with van der Waals surface area (Å²) in [7, 11) is 0. The van der Waals surface area contributed by atoms with Gasteiger partial charge in [-0.15, -0.1) is 0 Å². The van der Waals surface area contributed by atoms with Crippen molar-refractivity contribution in [2.45, 2.75) is 27.7 Å². The van der Waals surface area contributed by atoms with Gasteiger partial charge in [0, 0.05) is 0 Å². The number of hydrogen-bond donors (Lipinski definition) is 0. The van der Waals surface area contributed by atoms with Gasteiger partial charge in [-0.1, -0.05) is 96.1 Å². The summed E-state index contributed by atoms with van der Waals surface area (Å²) in [6, 6.07) is 20.8. The van der Waals surface area contributed by atoms with Crippen LogP contribution in [0.5, 0.6) is 0 Å². The summed E-state index contributed by atoms with van der Waals surface area (Å²) >= 11 is 0. The lowest BCUT2D eigenvalue weighted by Gasteiger charge is -1.93. The first-order valence-corrected chi connectivity index (χ1v) is 9.94. The lowest BCUT2D eigenvalue weighted by Crippen LogP contribution is -1.73. The summed E-state index contributed by atoms with van der Waals surface area (Å²) < 4.78 is 5.60. The molecule has 0 saturated carbocycles. The summed E-state index contributed by atoms with van der Waals surface area (Å²) in [6.45, 7) is 8.17. The Bertz CT molecular complexity index is 962. The third kappa shape index (κ3) is 8.49. The van der Waals surface area contributed by atoms with Gasteiger partial charge < -0.3 is 4.42 Å². The Kier molecular flexibility index (Phi) is 9.24. The zero-order valence-electron chi connectivity index (χ0n) is 17.8. The quantitative estimate of drug-likeness (QED) is 0.404. The minimum atomic E-state index is 0.874. The Morgan fingerprint density at radius 3 is 1.55 bits per heavy atom. The van der Waals surface area contributed by atoms with Gasteiger partial charge in [-0.05, 0) is 63.1 Å². The Morgan fingerprint density at radius 1 is 0.517 bits per heavy atom. The van der Waals surface area contributed by atoms with Crippen LogP contribution in [0.1, 0.15) is 47.6 Å². The maximum atomic E-state index is 5.60. The second kappa shape index (κ2) is 12.2. The van der Waals surface area contributed by atoms with Crippen LogP contribution >= 0.6 is 0 Å². The van der Waals surface area contributed by atoms with Crippen LogP contribution in [0.2, 0.25) is 0 Å². The SMILES string of the molecule is C/C=C/C=C/c1ccc(C)cc1.C/C=C/c1ccc(/C=C/c2ccc(C)cc2)o1. The van der Waals surface area contributed by atoms with Gasteiger partial charge >= 0.3 is 0 Å². The highest BCUT2D eigenvalue weighted by Gasteiger charge is 1.94. The van der Waals surface area contributed by atoms with Gasteiger partial charge in [0.05, 0.1) is 0 Å². The summed E-state index contributed by atoms with van der Waals surface area (Å²) in [4.78, 5) is 0. The smallest absolute Gasteiger partial charge is 0.127 e. The van der Waals surface area contributed by atoms with Crippen LogP contribution in [0.3, 0.4) is 0 Å². The molecule has 1 aromatic heterocycles. The molecule has 0 amide bonds. The van der Waals surface area contributed by atoms with Gasteiger partial charge in [-0.2, -0.15) is 0 Å². The Morgan fingerprint density at radius 2 is 1.03 bits per heavy atom. The minimum absolute atomic E-state index is 0.874. The molecule has 0 bridgehead atoms. The van der Waals surface area contributed by atoms with E-state index in [1.165, 1.54) is 22.3 Å². The molecule has 0 aliphatic heterocycles. The van der Waals surface area contributed by atoms with E-state index in [1.807, 2.05) is 62.4 Å². The van der Waals surface area contributed by atoms with Crippen molar-refractivity contribution in [2.75, 3.05) is 0 Å². The highest BCUT2D eigenvalue weighted by atomic mass is 16.3. The van der Waals surface area contributed by atoms with E-state index in [1.54, 1.807) is 0 Å². The number of aryl methyl sites for hydroxylation is 2. The first-order valence-electron chi connectivity index (χ1n) is 9.94. The van der Waals surface area contributed by atoms with Crippen molar-refractivity contribution in [1.29, 1.82) is 0 Å². The molecule has 0 N–H and O–H groups in total. The van der Waals surface area contributed by atoms with Crippen molar-refractivity contribution in [2.24, 2.45) is 0 Å². The van der Waals surface area contributed by atoms with E-state index in [0.29, 0.717) is 0 Å². The summed E-state index contributed by atoms with van der Waals surface area (Å²) in [5.41, 5.74) is 5.01. The molecule has 148 valence electrons. The van der Waals surface area contributed by atoms with Crippen LogP contribution in [-0.4, -0.2) is 0 Å². The average Bonchev–Trinajstić information content (AvgIpc) is 3.18. The van der Waals surface area contributed by atoms with Crippen molar-refractivity contribution in [1.82, 2.24) is 0 Å². The standard InChI is InChI=1S/C16H16O.C12H14/c1-3-4-15-11-12-16(17-15)10-9-14-7-5-13(2)6-8-14;1-3-4-5-6-12-9-7-11(2)8-10-12/h3-12H,1-2H3;3-10H,1-2H3/b4-3+,10-9+;4-3+,6-5+. The van der Waals surface area contributed by atoms with Crippen molar-refractivity contribution < 1.29 is 4.42 Å². The van der Waals surface area contributed by atoms with Crippen molar-refractivity contribution in [3.05, 3.63) is 119 Å². The Hall–Kier alpha value is -3.32. The van der Waals surface area contributed by atoms with Crippen LogP contribution in [0.25, 0.3) is 24.3 Å². The van der Waals surface area contributed by atoms with E-state index in [0.717, 1.165) is 11.5 Å². The summed E-state index contributed by atoms with van der Waals surface area (Å²) in [6.07, 6.45) is 16.1. The molecule has 3 rings (SSSR count). The lowest BCUT2D eigenvalue weighted by atomic mass is 10.1. The minimum Gasteiger partial charge on any atom is -0.457 e. The fourth-order valence-corrected chi connectivity index (χ4v) is 2.52. The van der Waals surface area contributed by atoms with Crippen LogP contribution in [0.15, 0.2) is 89.4 Å². The summed E-state index contributed by atoms with van der Waals surface area (Å²) in [5, 5.41) is 0. The molecule has 0 atom stereocenters. The van der Waals surface area contributed by atoms with E-state index in [-0.39, 0.29) is 0 Å². The number of hydrogen-bond acceptors (Lipinski definition) is 1. The molecule has 1 heteroatoms. The average molecular weight is 383 g/mol. The maximum Gasteiger partial charge on any atom is 0.127 e. The zero-order valence-corrected chi connectivity index (χ0v) is 17.8. The van der Waals surface area contributed by atoms with Crippen LogP contribution in [0.4, 0.5) is 0 Å². The van der Waals surface area contributed by atoms with E-state index in [9.17, 15) is 0 Å². The van der Waals surface area contributed by atoms with Gasteiger partial charge in [0.15, 0.2) is 0 Å². The van der Waals surface area contributed by atoms with E-state index >= 15 is 0 Å². The third-order valence-corrected chi connectivity index (χ3v) is 4.17. The number of furan rings is 1. The molecule has 0 fully saturated rings. The van der Waals surface area contributed by atoms with Crippen LogP contribution in [-0.2, 0) is 0 Å². The zero-order chi connectivity index (χ0) is 20.9. The van der Waals surface area contributed by atoms with Crippen LogP contribution < -0.4 is 0 Å². The van der Waals surface area contributed by atoms with E-state index < -0.39 is 0 Å². The maximum absolute atomic E-state index is 5.60. The molecule has 3 aromatic rings. The Labute approximate surface area is 175 Å². The summed E-state index contributed by atoms with van der Waals surface area (Å²) in [5.74, 6) is 1.76. The predicted molar refractivity (Wildman–Crippen MR) is 129 cm³/mol. The molecule has 0 radical (unpaired) electrons. The van der Waals surface area contributed by atoms with Crippen molar-refractivity contribution in [3.63, 3.8) is 0 Å². The molecule has 0 aliphatic carbocycles. The monoisotopic (exact) mass is 382 g/mol. The number of benzene rings is 2. The van der Waals surface area contributed by atoms with Gasteiger partial charge in [0.25, 0.3) is 0 Å². The normalized spacial score (nSPS) is 11.6. The molecular formula is C28H30O. The largest absolute Gasteiger partial charge is 0.457 e. The van der Waals surface area contributed by atoms with Crippen molar-refractivity contribution in [3.8, 4) is 0 Å². The van der Waals surface area contributed by atoms with Crippen LogP contribution in [0, 0.1) is 13.8 Å². The topological polar surface area (TPSA) is 13.1 Å². The lowest BCUT2D eigenvalue weighted by molar-refractivity contribution is 0.547. The molecule has 1 heterocycles. The van der Waals surface area contributed by atoms with Gasteiger partial charge in [-0.3, -0.25) is 0 Å². The third-order valence-electron chi connectivity index (χ3n) is 4.17.